The van der Waals surface area contributed by atoms with Crippen molar-refractivity contribution in [3.63, 3.8) is 0 Å². The number of amides is 2. The molecule has 1 aliphatic rings. The molecule has 0 aromatic carbocycles. The maximum absolute atomic E-state index is 12.7. The fourth-order valence-electron chi connectivity index (χ4n) is 3.20. The number of ether oxygens (including phenoxy) is 4. The number of carbonyl (C=O) groups excluding carboxylic acids is 5. The van der Waals surface area contributed by atoms with Crippen molar-refractivity contribution in [2.45, 2.75) is 98.2 Å². The first-order chi connectivity index (χ1) is 16.9. The number of nitrogens with one attached hydrogen (secondary N) is 2. The van der Waals surface area contributed by atoms with Gasteiger partial charge in [-0.05, 0) is 41.0 Å². The number of thioether (sulfide) groups is 1. The first kappa shape index (κ1) is 32.8. The minimum absolute atomic E-state index is 0.0153. The van der Waals surface area contributed by atoms with E-state index in [1.165, 1.54) is 6.92 Å². The lowest BCUT2D eigenvalue weighted by Gasteiger charge is -2.44. The van der Waals surface area contributed by atoms with Gasteiger partial charge in [-0.1, -0.05) is 25.6 Å². The van der Waals surface area contributed by atoms with Crippen molar-refractivity contribution in [2.24, 2.45) is 5.41 Å². The van der Waals surface area contributed by atoms with Crippen LogP contribution in [-0.4, -0.2) is 77.9 Å². The molecule has 2 N–H and O–H groups in total. The predicted octanol–water partition coefficient (Wildman–Crippen LogP) is 2.10. The first-order valence-corrected chi connectivity index (χ1v) is 13.3. The van der Waals surface area contributed by atoms with Crippen LogP contribution in [0.4, 0.5) is 0 Å². The Balaban J connectivity index is 2.62. The van der Waals surface area contributed by atoms with Crippen molar-refractivity contribution in [1.82, 2.24) is 10.6 Å². The van der Waals surface area contributed by atoms with Gasteiger partial charge in [0.05, 0.1) is 13.2 Å². The largest absolute Gasteiger partial charge is 0.466 e. The predicted molar refractivity (Wildman–Crippen MR) is 137 cm³/mol. The Kier molecular flexibility index (Phi) is 12.5. The highest BCUT2D eigenvalue weighted by atomic mass is 32.2. The van der Waals surface area contributed by atoms with Gasteiger partial charge < -0.3 is 29.6 Å². The van der Waals surface area contributed by atoms with E-state index in [2.05, 4.69) is 10.6 Å². The third kappa shape index (κ3) is 13.3. The van der Waals surface area contributed by atoms with Crippen LogP contribution in [0.25, 0.3) is 0 Å². The maximum atomic E-state index is 12.7. The topological polar surface area (TPSA) is 146 Å². The second kappa shape index (κ2) is 14.1. The van der Waals surface area contributed by atoms with Gasteiger partial charge in [-0.3, -0.25) is 19.2 Å². The van der Waals surface area contributed by atoms with E-state index >= 15 is 0 Å². The molecule has 0 spiro atoms. The van der Waals surface area contributed by atoms with Crippen LogP contribution in [0.1, 0.15) is 74.7 Å². The zero-order valence-corrected chi connectivity index (χ0v) is 24.0. The number of hydrogen-bond donors (Lipinski definition) is 2. The highest BCUT2D eigenvalue weighted by Gasteiger charge is 2.45. The van der Waals surface area contributed by atoms with E-state index in [1.807, 2.05) is 13.8 Å². The van der Waals surface area contributed by atoms with Crippen LogP contribution >= 0.6 is 11.8 Å². The number of carbonyl (C=O) groups is 5. The normalized spacial score (nSPS) is 19.3. The molecule has 1 saturated heterocycles. The van der Waals surface area contributed by atoms with Crippen LogP contribution in [0.2, 0.25) is 0 Å². The number of rotatable bonds is 12. The van der Waals surface area contributed by atoms with Gasteiger partial charge >= 0.3 is 11.9 Å². The van der Waals surface area contributed by atoms with E-state index in [4.69, 9.17) is 18.9 Å². The lowest BCUT2D eigenvalue weighted by Crippen LogP contribution is -2.56. The molecule has 12 heteroatoms. The molecule has 0 aromatic rings. The standard InChI is InChI=1S/C25H42N2O9S/c1-16(28)33-13-9-10-19(30)37-14-17(22(32)36-23(2,3)4)27-18(29)11-12-26-21(31)20-24(5,6)15-34-25(7,8)35-20/h17,20H,9-15H2,1-8H3,(H,26,31)(H,27,29)/t17-,20-/m0/s1. The lowest BCUT2D eigenvalue weighted by atomic mass is 9.85. The molecule has 0 unspecified atom stereocenters. The number of esters is 2. The Morgan fingerprint density at radius 3 is 2.32 bits per heavy atom. The first-order valence-electron chi connectivity index (χ1n) is 12.3. The van der Waals surface area contributed by atoms with Crippen molar-refractivity contribution in [2.75, 3.05) is 25.5 Å². The third-order valence-corrected chi connectivity index (χ3v) is 6.09. The number of hydrogen-bond acceptors (Lipinski definition) is 10. The van der Waals surface area contributed by atoms with Gasteiger partial charge in [-0.15, -0.1) is 0 Å². The second-order valence-electron chi connectivity index (χ2n) is 11.0. The van der Waals surface area contributed by atoms with Gasteiger partial charge in [0.1, 0.15) is 17.7 Å². The molecule has 0 saturated carbocycles. The molecular formula is C25H42N2O9S. The van der Waals surface area contributed by atoms with E-state index in [1.54, 1.807) is 34.6 Å². The molecule has 1 aliphatic heterocycles. The molecule has 0 bridgehead atoms. The summed E-state index contributed by atoms with van der Waals surface area (Å²) in [5.41, 5.74) is -1.33. The van der Waals surface area contributed by atoms with E-state index < -0.39 is 46.8 Å². The van der Waals surface area contributed by atoms with E-state index in [0.717, 1.165) is 11.8 Å². The smallest absolute Gasteiger partial charge is 0.330 e. The Morgan fingerprint density at radius 1 is 1.08 bits per heavy atom. The molecule has 11 nitrogen and oxygen atoms in total. The summed E-state index contributed by atoms with van der Waals surface area (Å²) in [4.78, 5) is 60.9. The summed E-state index contributed by atoms with van der Waals surface area (Å²) < 4.78 is 21.6. The Bertz CT molecular complexity index is 837. The van der Waals surface area contributed by atoms with Crippen molar-refractivity contribution in [1.29, 1.82) is 0 Å². The molecule has 37 heavy (non-hydrogen) atoms. The Labute approximate surface area is 223 Å². The molecule has 1 rings (SSSR count). The fourth-order valence-corrected chi connectivity index (χ4v) is 4.06. The van der Waals surface area contributed by atoms with Crippen LogP contribution in [0.5, 0.6) is 0 Å². The second-order valence-corrected chi connectivity index (χ2v) is 12.1. The highest BCUT2D eigenvalue weighted by molar-refractivity contribution is 8.13. The summed E-state index contributed by atoms with van der Waals surface area (Å²) in [5.74, 6) is -2.83. The lowest BCUT2D eigenvalue weighted by molar-refractivity contribution is -0.304. The monoisotopic (exact) mass is 546 g/mol. The van der Waals surface area contributed by atoms with Crippen LogP contribution < -0.4 is 10.6 Å². The van der Waals surface area contributed by atoms with Crippen LogP contribution in [-0.2, 0) is 42.9 Å². The molecule has 2 atom stereocenters. The summed E-state index contributed by atoms with van der Waals surface area (Å²) >= 11 is 0.894. The summed E-state index contributed by atoms with van der Waals surface area (Å²) in [6.45, 7) is 14.1. The van der Waals surface area contributed by atoms with Crippen LogP contribution in [0.15, 0.2) is 0 Å². The average Bonchev–Trinajstić information content (AvgIpc) is 2.74. The average molecular weight is 547 g/mol. The van der Waals surface area contributed by atoms with Gasteiger partial charge in [0, 0.05) is 37.5 Å². The molecule has 1 fully saturated rings. The minimum atomic E-state index is -1.05. The molecule has 0 aromatic heterocycles. The fraction of sp³-hybridized carbons (Fsp3) is 0.800. The maximum Gasteiger partial charge on any atom is 0.330 e. The van der Waals surface area contributed by atoms with Gasteiger partial charge in [0.25, 0.3) is 0 Å². The van der Waals surface area contributed by atoms with E-state index in [0.29, 0.717) is 13.0 Å². The van der Waals surface area contributed by atoms with E-state index in [-0.39, 0.29) is 42.8 Å². The summed E-state index contributed by atoms with van der Waals surface area (Å²) in [6, 6.07) is -1.05. The minimum Gasteiger partial charge on any atom is -0.466 e. The zero-order chi connectivity index (χ0) is 28.4. The Morgan fingerprint density at radius 2 is 1.73 bits per heavy atom. The van der Waals surface area contributed by atoms with E-state index in [9.17, 15) is 24.0 Å². The van der Waals surface area contributed by atoms with Crippen molar-refractivity contribution >= 4 is 40.6 Å². The van der Waals surface area contributed by atoms with Gasteiger partial charge in [-0.2, -0.15) is 0 Å². The highest BCUT2D eigenvalue weighted by Crippen LogP contribution is 2.34. The molecule has 0 aliphatic carbocycles. The van der Waals surface area contributed by atoms with Gasteiger partial charge in [-0.25, -0.2) is 4.79 Å². The molecule has 1 heterocycles. The zero-order valence-electron chi connectivity index (χ0n) is 23.2. The summed E-state index contributed by atoms with van der Waals surface area (Å²) in [6.07, 6.45) is -0.323. The van der Waals surface area contributed by atoms with Gasteiger partial charge in [0.15, 0.2) is 10.9 Å². The molecule has 212 valence electrons. The SMILES string of the molecule is CC(=O)OCCCC(=O)SC[C@H](NC(=O)CCNC(=O)[C@@H]1OC(C)(C)OCC1(C)C)C(=O)OC(C)(C)C. The van der Waals surface area contributed by atoms with Crippen molar-refractivity contribution < 1.29 is 42.9 Å². The van der Waals surface area contributed by atoms with Gasteiger partial charge in [0.2, 0.25) is 11.8 Å². The van der Waals surface area contributed by atoms with Crippen molar-refractivity contribution in [3.05, 3.63) is 0 Å². The van der Waals surface area contributed by atoms with Crippen molar-refractivity contribution in [3.8, 4) is 0 Å². The summed E-state index contributed by atoms with van der Waals surface area (Å²) in [7, 11) is 0. The third-order valence-electron chi connectivity index (χ3n) is 5.06. The quantitative estimate of drug-likeness (QED) is 0.276. The molecular weight excluding hydrogens is 504 g/mol. The molecule has 0 radical (unpaired) electrons. The molecule has 2 amide bonds. The van der Waals surface area contributed by atoms with Crippen LogP contribution in [0.3, 0.4) is 0 Å². The Hall–Kier alpha value is -2.18. The summed E-state index contributed by atoms with van der Waals surface area (Å²) in [5, 5.41) is 5.11. The van der Waals surface area contributed by atoms with Crippen LogP contribution in [0, 0.1) is 5.41 Å².